The van der Waals surface area contributed by atoms with Crippen molar-refractivity contribution in [3.8, 4) is 0 Å². The van der Waals surface area contributed by atoms with Crippen molar-refractivity contribution < 1.29 is 9.18 Å². The second-order valence-electron chi connectivity index (χ2n) is 6.08. The molecule has 0 saturated carbocycles. The summed E-state index contributed by atoms with van der Waals surface area (Å²) in [6.45, 7) is 8.95. The molecule has 0 fully saturated rings. The van der Waals surface area contributed by atoms with E-state index < -0.39 is 5.82 Å². The highest BCUT2D eigenvalue weighted by Gasteiger charge is 2.16. The Morgan fingerprint density at radius 2 is 2.09 bits per heavy atom. The van der Waals surface area contributed by atoms with E-state index in [1.54, 1.807) is 0 Å². The number of aryl methyl sites for hydroxylation is 1. The highest BCUT2D eigenvalue weighted by molar-refractivity contribution is 6.31. The molecule has 1 amide bonds. The van der Waals surface area contributed by atoms with E-state index in [1.807, 2.05) is 18.5 Å². The molecule has 0 spiro atoms. The minimum atomic E-state index is -0.508. The number of hydrogen-bond acceptors (Lipinski definition) is 2. The van der Waals surface area contributed by atoms with Gasteiger partial charge in [-0.25, -0.2) is 4.39 Å². The second kappa shape index (κ2) is 7.13. The summed E-state index contributed by atoms with van der Waals surface area (Å²) < 4.78 is 15.1. The average Bonchev–Trinajstić information content (AvgIpc) is 2.70. The Bertz CT molecular complexity index is 725. The summed E-state index contributed by atoms with van der Waals surface area (Å²) in [6, 6.07) is 4.12. The van der Waals surface area contributed by atoms with Crippen LogP contribution < -0.4 is 5.32 Å². The number of hydrogen-bond donors (Lipinski definition) is 1. The van der Waals surface area contributed by atoms with Crippen molar-refractivity contribution in [1.29, 1.82) is 0 Å². The van der Waals surface area contributed by atoms with Gasteiger partial charge in [0.2, 0.25) is 5.91 Å². The van der Waals surface area contributed by atoms with Gasteiger partial charge >= 0.3 is 0 Å². The lowest BCUT2D eigenvalue weighted by molar-refractivity contribution is -0.115. The van der Waals surface area contributed by atoms with E-state index >= 15 is 0 Å². The summed E-state index contributed by atoms with van der Waals surface area (Å²) in [5, 5.41) is 7.22. The predicted molar refractivity (Wildman–Crippen MR) is 90.3 cm³/mol. The molecule has 4 nitrogen and oxygen atoms in total. The molecule has 1 heterocycles. The van der Waals surface area contributed by atoms with Gasteiger partial charge in [0.25, 0.3) is 0 Å². The van der Waals surface area contributed by atoms with E-state index in [9.17, 15) is 9.18 Å². The monoisotopic (exact) mass is 337 g/mol. The van der Waals surface area contributed by atoms with Gasteiger partial charge in [0, 0.05) is 23.5 Å². The second-order valence-corrected chi connectivity index (χ2v) is 6.49. The highest BCUT2D eigenvalue weighted by Crippen LogP contribution is 2.20. The van der Waals surface area contributed by atoms with Gasteiger partial charge in [0.15, 0.2) is 0 Å². The maximum Gasteiger partial charge on any atom is 0.228 e. The number of aromatic nitrogens is 2. The fraction of sp³-hybridized carbons (Fsp3) is 0.412. The minimum absolute atomic E-state index is 0.0140. The maximum absolute atomic E-state index is 13.1. The van der Waals surface area contributed by atoms with Crippen molar-refractivity contribution >= 4 is 23.2 Å². The topological polar surface area (TPSA) is 46.9 Å². The molecule has 23 heavy (non-hydrogen) atoms. The third kappa shape index (κ3) is 4.32. The molecule has 0 atom stereocenters. The van der Waals surface area contributed by atoms with Crippen molar-refractivity contribution in [2.75, 3.05) is 5.32 Å². The van der Waals surface area contributed by atoms with E-state index in [1.165, 1.54) is 18.2 Å². The zero-order valence-electron chi connectivity index (χ0n) is 13.8. The molecule has 0 aliphatic heterocycles. The Kier molecular flexibility index (Phi) is 5.42. The smallest absolute Gasteiger partial charge is 0.228 e. The van der Waals surface area contributed by atoms with Gasteiger partial charge < -0.3 is 5.32 Å². The van der Waals surface area contributed by atoms with Crippen LogP contribution in [-0.2, 0) is 17.8 Å². The van der Waals surface area contributed by atoms with Gasteiger partial charge in [-0.2, -0.15) is 5.10 Å². The lowest BCUT2D eigenvalue weighted by atomic mass is 10.1. The van der Waals surface area contributed by atoms with Crippen molar-refractivity contribution in [3.05, 3.63) is 46.0 Å². The molecule has 1 aromatic heterocycles. The van der Waals surface area contributed by atoms with Crippen LogP contribution in [0, 0.1) is 25.6 Å². The molecule has 0 saturated heterocycles. The molecule has 0 unspecified atom stereocenters. The van der Waals surface area contributed by atoms with E-state index in [2.05, 4.69) is 24.3 Å². The van der Waals surface area contributed by atoms with Gasteiger partial charge in [-0.05, 0) is 38.0 Å². The summed E-state index contributed by atoms with van der Waals surface area (Å²) in [5.41, 5.74) is 3.27. The largest absolute Gasteiger partial charge is 0.326 e. The van der Waals surface area contributed by atoms with E-state index in [0.29, 0.717) is 11.6 Å². The van der Waals surface area contributed by atoms with E-state index in [4.69, 9.17) is 11.6 Å². The number of nitrogens with zero attached hydrogens (tertiary/aromatic N) is 2. The van der Waals surface area contributed by atoms with Crippen molar-refractivity contribution in [2.24, 2.45) is 5.92 Å². The Morgan fingerprint density at radius 1 is 1.39 bits per heavy atom. The number of carbonyl (C=O) groups excluding carboxylic acids is 1. The zero-order chi connectivity index (χ0) is 17.1. The molecular weight excluding hydrogens is 317 g/mol. The van der Waals surface area contributed by atoms with Crippen molar-refractivity contribution in [1.82, 2.24) is 9.78 Å². The maximum atomic E-state index is 13.1. The number of nitrogens with one attached hydrogen (secondary N) is 1. The van der Waals surface area contributed by atoms with Gasteiger partial charge in [-0.1, -0.05) is 25.4 Å². The standard InChI is InChI=1S/C17H21ClFN3O/c1-10(2)9-22-12(4)14(11(3)21-22)8-17(23)20-13-5-6-16(19)15(18)7-13/h5-7,10H,8-9H2,1-4H3,(H,20,23). The number of rotatable bonds is 5. The first kappa shape index (κ1) is 17.5. The first-order valence-corrected chi connectivity index (χ1v) is 7.93. The van der Waals surface area contributed by atoms with Crippen LogP contribution in [0.15, 0.2) is 18.2 Å². The Morgan fingerprint density at radius 3 is 2.70 bits per heavy atom. The van der Waals surface area contributed by atoms with Crippen LogP contribution in [0.2, 0.25) is 5.02 Å². The van der Waals surface area contributed by atoms with E-state index in [0.717, 1.165) is 23.5 Å². The van der Waals surface area contributed by atoms with Crippen LogP contribution >= 0.6 is 11.6 Å². The molecule has 6 heteroatoms. The van der Waals surface area contributed by atoms with Crippen LogP contribution in [0.25, 0.3) is 0 Å². The van der Waals surface area contributed by atoms with Crippen LogP contribution in [-0.4, -0.2) is 15.7 Å². The van der Waals surface area contributed by atoms with Gasteiger partial charge in [-0.3, -0.25) is 9.48 Å². The lowest BCUT2D eigenvalue weighted by Crippen LogP contribution is -2.15. The Hall–Kier alpha value is -1.88. The lowest BCUT2D eigenvalue weighted by Gasteiger charge is -2.09. The quantitative estimate of drug-likeness (QED) is 0.891. The highest BCUT2D eigenvalue weighted by atomic mass is 35.5. The first-order valence-electron chi connectivity index (χ1n) is 7.55. The SMILES string of the molecule is Cc1nn(CC(C)C)c(C)c1CC(=O)Nc1ccc(F)c(Cl)c1. The van der Waals surface area contributed by atoms with Crippen LogP contribution in [0.1, 0.15) is 30.8 Å². The fourth-order valence-electron chi connectivity index (χ4n) is 2.45. The van der Waals surface area contributed by atoms with Crippen LogP contribution in [0.5, 0.6) is 0 Å². The number of anilines is 1. The molecule has 0 bridgehead atoms. The average molecular weight is 338 g/mol. The molecule has 2 rings (SSSR count). The van der Waals surface area contributed by atoms with Gasteiger partial charge in [0.1, 0.15) is 5.82 Å². The predicted octanol–water partition coefficient (Wildman–Crippen LogP) is 4.13. The van der Waals surface area contributed by atoms with Gasteiger partial charge in [0.05, 0.1) is 17.1 Å². The van der Waals surface area contributed by atoms with E-state index in [-0.39, 0.29) is 17.4 Å². The Labute approximate surface area is 140 Å². The normalized spacial score (nSPS) is 11.1. The minimum Gasteiger partial charge on any atom is -0.326 e. The third-order valence-electron chi connectivity index (χ3n) is 3.61. The summed E-state index contributed by atoms with van der Waals surface area (Å²) in [6.07, 6.45) is 0.227. The number of halogens is 2. The molecule has 0 aliphatic rings. The molecular formula is C17H21ClFN3O. The molecule has 124 valence electrons. The summed E-state index contributed by atoms with van der Waals surface area (Å²) >= 11 is 5.72. The first-order chi connectivity index (χ1) is 10.8. The number of amides is 1. The van der Waals surface area contributed by atoms with Crippen molar-refractivity contribution in [3.63, 3.8) is 0 Å². The summed E-state index contributed by atoms with van der Waals surface area (Å²) in [4.78, 5) is 12.2. The third-order valence-corrected chi connectivity index (χ3v) is 3.90. The summed E-state index contributed by atoms with van der Waals surface area (Å²) in [5.74, 6) is -0.203. The van der Waals surface area contributed by atoms with Crippen LogP contribution in [0.4, 0.5) is 10.1 Å². The fourth-order valence-corrected chi connectivity index (χ4v) is 2.63. The summed E-state index contributed by atoms with van der Waals surface area (Å²) in [7, 11) is 0. The zero-order valence-corrected chi connectivity index (χ0v) is 14.5. The Balaban J connectivity index is 2.11. The molecule has 0 radical (unpaired) electrons. The van der Waals surface area contributed by atoms with Crippen molar-refractivity contribution in [2.45, 2.75) is 40.7 Å². The number of carbonyl (C=O) groups is 1. The molecule has 1 aromatic carbocycles. The van der Waals surface area contributed by atoms with Crippen LogP contribution in [0.3, 0.4) is 0 Å². The molecule has 1 N–H and O–H groups in total. The number of benzene rings is 1. The van der Waals surface area contributed by atoms with Gasteiger partial charge in [-0.15, -0.1) is 0 Å². The molecule has 2 aromatic rings. The molecule has 0 aliphatic carbocycles.